The molecule has 27 heavy (non-hydrogen) atoms. The molecule has 0 aliphatic rings. The molecule has 0 aliphatic heterocycles. The largest absolute Gasteiger partial charge is 0.352 e. The molecular formula is C23H30N2O2. The van der Waals surface area contributed by atoms with Crippen molar-refractivity contribution in [2.75, 3.05) is 0 Å². The Balaban J connectivity index is 2.21. The molecule has 0 aliphatic carbocycles. The summed E-state index contributed by atoms with van der Waals surface area (Å²) in [5, 5.41) is 2.99. The number of aryl methyl sites for hydroxylation is 1. The molecule has 0 bridgehead atoms. The van der Waals surface area contributed by atoms with Gasteiger partial charge in [-0.05, 0) is 43.9 Å². The van der Waals surface area contributed by atoms with Crippen molar-refractivity contribution in [3.8, 4) is 0 Å². The first kappa shape index (κ1) is 20.7. The van der Waals surface area contributed by atoms with E-state index in [0.29, 0.717) is 13.0 Å². The Kier molecular flexibility index (Phi) is 7.59. The third-order valence-electron chi connectivity index (χ3n) is 4.97. The van der Waals surface area contributed by atoms with Crippen LogP contribution >= 0.6 is 0 Å². The zero-order valence-electron chi connectivity index (χ0n) is 16.7. The van der Waals surface area contributed by atoms with Crippen molar-refractivity contribution in [1.82, 2.24) is 10.2 Å². The van der Waals surface area contributed by atoms with Gasteiger partial charge in [0.15, 0.2) is 0 Å². The summed E-state index contributed by atoms with van der Waals surface area (Å²) in [5.41, 5.74) is 3.09. The van der Waals surface area contributed by atoms with Gasteiger partial charge in [0.1, 0.15) is 6.04 Å². The van der Waals surface area contributed by atoms with Gasteiger partial charge in [0.05, 0.1) is 6.42 Å². The number of benzene rings is 2. The van der Waals surface area contributed by atoms with Gasteiger partial charge in [-0.15, -0.1) is 0 Å². The van der Waals surface area contributed by atoms with Crippen LogP contribution in [0.4, 0.5) is 0 Å². The Morgan fingerprint density at radius 2 is 1.63 bits per heavy atom. The quantitative estimate of drug-likeness (QED) is 0.771. The third kappa shape index (κ3) is 5.95. The molecule has 0 saturated carbocycles. The normalized spacial score (nSPS) is 12.9. The fraction of sp³-hybridized carbons (Fsp3) is 0.391. The van der Waals surface area contributed by atoms with Crippen LogP contribution in [0.15, 0.2) is 54.6 Å². The molecule has 1 N–H and O–H groups in total. The van der Waals surface area contributed by atoms with E-state index < -0.39 is 6.04 Å². The Bertz CT molecular complexity index is 758. The lowest BCUT2D eigenvalue weighted by Crippen LogP contribution is -2.49. The molecule has 0 fully saturated rings. The number of nitrogens with one attached hydrogen (secondary N) is 1. The van der Waals surface area contributed by atoms with E-state index in [1.165, 1.54) is 0 Å². The first-order chi connectivity index (χ1) is 12.9. The molecule has 0 saturated heterocycles. The summed E-state index contributed by atoms with van der Waals surface area (Å²) in [7, 11) is 0. The first-order valence-electron chi connectivity index (χ1n) is 9.60. The van der Waals surface area contributed by atoms with Gasteiger partial charge in [0, 0.05) is 12.6 Å². The van der Waals surface area contributed by atoms with Crippen molar-refractivity contribution in [2.24, 2.45) is 0 Å². The van der Waals surface area contributed by atoms with Crippen LogP contribution < -0.4 is 5.32 Å². The maximum atomic E-state index is 13.1. The molecule has 0 radical (unpaired) electrons. The maximum absolute atomic E-state index is 13.1. The standard InChI is InChI=1S/C23H30N2O2/c1-5-18(3)24-23(27)19(4)25(16-20-12-7-6-8-13-20)22(26)15-21-14-10-9-11-17(21)2/h6-14,18-19H,5,15-16H2,1-4H3,(H,24,27)/t18-,19-/m0/s1. The number of carbonyl (C=O) groups is 2. The second-order valence-corrected chi connectivity index (χ2v) is 7.10. The molecule has 144 valence electrons. The van der Waals surface area contributed by atoms with Crippen molar-refractivity contribution in [3.05, 3.63) is 71.3 Å². The topological polar surface area (TPSA) is 49.4 Å². The minimum Gasteiger partial charge on any atom is -0.352 e. The highest BCUT2D eigenvalue weighted by atomic mass is 16.2. The van der Waals surface area contributed by atoms with Gasteiger partial charge in [-0.3, -0.25) is 9.59 Å². The highest BCUT2D eigenvalue weighted by Crippen LogP contribution is 2.14. The summed E-state index contributed by atoms with van der Waals surface area (Å²) < 4.78 is 0. The Morgan fingerprint density at radius 1 is 1.00 bits per heavy atom. The maximum Gasteiger partial charge on any atom is 0.242 e. The molecule has 0 spiro atoms. The predicted molar refractivity (Wildman–Crippen MR) is 109 cm³/mol. The minimum atomic E-state index is -0.532. The number of carbonyl (C=O) groups excluding carboxylic acids is 2. The van der Waals surface area contributed by atoms with E-state index in [2.05, 4.69) is 5.32 Å². The van der Waals surface area contributed by atoms with Crippen molar-refractivity contribution in [1.29, 1.82) is 0 Å². The minimum absolute atomic E-state index is 0.0417. The molecule has 2 aromatic carbocycles. The van der Waals surface area contributed by atoms with E-state index in [-0.39, 0.29) is 17.9 Å². The SMILES string of the molecule is CC[C@H](C)NC(=O)[C@H](C)N(Cc1ccccc1)C(=O)Cc1ccccc1C. The summed E-state index contributed by atoms with van der Waals surface area (Å²) in [6, 6.07) is 17.2. The molecular weight excluding hydrogens is 336 g/mol. The highest BCUT2D eigenvalue weighted by Gasteiger charge is 2.27. The van der Waals surface area contributed by atoms with E-state index >= 15 is 0 Å². The zero-order valence-corrected chi connectivity index (χ0v) is 16.7. The van der Waals surface area contributed by atoms with E-state index in [9.17, 15) is 9.59 Å². The first-order valence-corrected chi connectivity index (χ1v) is 9.60. The second kappa shape index (κ2) is 9.91. The Morgan fingerprint density at radius 3 is 2.26 bits per heavy atom. The van der Waals surface area contributed by atoms with Crippen molar-refractivity contribution in [2.45, 2.75) is 59.2 Å². The number of hydrogen-bond donors (Lipinski definition) is 1. The summed E-state index contributed by atoms with van der Waals surface area (Å²) in [6.07, 6.45) is 1.15. The van der Waals surface area contributed by atoms with Crippen LogP contribution in [-0.2, 0) is 22.6 Å². The van der Waals surface area contributed by atoms with Crippen LogP contribution in [-0.4, -0.2) is 28.8 Å². The van der Waals surface area contributed by atoms with E-state index in [0.717, 1.165) is 23.1 Å². The second-order valence-electron chi connectivity index (χ2n) is 7.10. The average Bonchev–Trinajstić information content (AvgIpc) is 2.67. The molecule has 2 atom stereocenters. The number of rotatable bonds is 8. The Hall–Kier alpha value is -2.62. The fourth-order valence-electron chi connectivity index (χ4n) is 2.90. The Labute approximate surface area is 162 Å². The van der Waals surface area contributed by atoms with Crippen molar-refractivity contribution < 1.29 is 9.59 Å². The van der Waals surface area contributed by atoms with Crippen LogP contribution in [0.5, 0.6) is 0 Å². The van der Waals surface area contributed by atoms with E-state index in [4.69, 9.17) is 0 Å². The van der Waals surface area contributed by atoms with Gasteiger partial charge in [-0.1, -0.05) is 61.5 Å². The van der Waals surface area contributed by atoms with Gasteiger partial charge in [0.25, 0.3) is 0 Å². The fourth-order valence-corrected chi connectivity index (χ4v) is 2.90. The van der Waals surface area contributed by atoms with Gasteiger partial charge in [-0.2, -0.15) is 0 Å². The molecule has 2 aromatic rings. The summed E-state index contributed by atoms with van der Waals surface area (Å²) in [6.45, 7) is 8.22. The molecule has 4 heteroatoms. The third-order valence-corrected chi connectivity index (χ3v) is 4.97. The molecule has 0 heterocycles. The van der Waals surface area contributed by atoms with E-state index in [1.807, 2.05) is 75.4 Å². The van der Waals surface area contributed by atoms with Crippen molar-refractivity contribution >= 4 is 11.8 Å². The highest BCUT2D eigenvalue weighted by molar-refractivity contribution is 5.88. The lowest BCUT2D eigenvalue weighted by atomic mass is 10.0. The monoisotopic (exact) mass is 366 g/mol. The van der Waals surface area contributed by atoms with E-state index in [1.54, 1.807) is 11.8 Å². The molecule has 4 nitrogen and oxygen atoms in total. The number of hydrogen-bond acceptors (Lipinski definition) is 2. The van der Waals surface area contributed by atoms with Gasteiger partial charge in [0.2, 0.25) is 11.8 Å². The predicted octanol–water partition coefficient (Wildman–Crippen LogP) is 3.87. The number of nitrogens with zero attached hydrogens (tertiary/aromatic N) is 1. The van der Waals surface area contributed by atoms with Crippen LogP contribution in [0.1, 0.15) is 43.9 Å². The van der Waals surface area contributed by atoms with Crippen LogP contribution in [0.3, 0.4) is 0 Å². The van der Waals surface area contributed by atoms with Gasteiger partial charge < -0.3 is 10.2 Å². The van der Waals surface area contributed by atoms with Crippen LogP contribution in [0.2, 0.25) is 0 Å². The summed E-state index contributed by atoms with van der Waals surface area (Å²) in [5.74, 6) is -0.154. The zero-order chi connectivity index (χ0) is 19.8. The molecule has 0 aromatic heterocycles. The molecule has 2 rings (SSSR count). The van der Waals surface area contributed by atoms with Crippen LogP contribution in [0, 0.1) is 6.92 Å². The van der Waals surface area contributed by atoms with Crippen molar-refractivity contribution in [3.63, 3.8) is 0 Å². The van der Waals surface area contributed by atoms with Gasteiger partial charge >= 0.3 is 0 Å². The van der Waals surface area contributed by atoms with Crippen LogP contribution in [0.25, 0.3) is 0 Å². The lowest BCUT2D eigenvalue weighted by Gasteiger charge is -2.30. The molecule has 2 amide bonds. The molecule has 0 unspecified atom stereocenters. The summed E-state index contributed by atoms with van der Waals surface area (Å²) in [4.78, 5) is 27.5. The lowest BCUT2D eigenvalue weighted by molar-refractivity contribution is -0.140. The van der Waals surface area contributed by atoms with Gasteiger partial charge in [-0.25, -0.2) is 0 Å². The number of amides is 2. The average molecular weight is 367 g/mol. The summed E-state index contributed by atoms with van der Waals surface area (Å²) >= 11 is 0. The smallest absolute Gasteiger partial charge is 0.242 e.